The van der Waals surface area contributed by atoms with Crippen LogP contribution in [0.2, 0.25) is 0 Å². The highest BCUT2D eigenvalue weighted by molar-refractivity contribution is 7.80. The normalized spacial score (nSPS) is 23.0. The van der Waals surface area contributed by atoms with Gasteiger partial charge in [0.05, 0.1) is 13.0 Å². The van der Waals surface area contributed by atoms with Gasteiger partial charge in [-0.15, -0.1) is 0 Å². The molecule has 0 saturated carbocycles. The summed E-state index contributed by atoms with van der Waals surface area (Å²) in [6.45, 7) is 10.9. The summed E-state index contributed by atoms with van der Waals surface area (Å²) in [6.07, 6.45) is 0.943. The highest BCUT2D eigenvalue weighted by Gasteiger charge is 2.25. The Morgan fingerprint density at radius 1 is 1.20 bits per heavy atom. The minimum absolute atomic E-state index is 0.0662. The predicted molar refractivity (Wildman–Crippen MR) is 104 cm³/mol. The topological polar surface area (TPSA) is 66.8 Å². The number of rotatable bonds is 4. The number of hydrogen-bond donors (Lipinski definition) is 4. The molecular formula is C18H29N4O2S+. The molecule has 1 aromatic rings. The van der Waals surface area contributed by atoms with E-state index in [1.165, 1.54) is 16.0 Å². The maximum atomic E-state index is 12.0. The van der Waals surface area contributed by atoms with E-state index in [4.69, 9.17) is 17.0 Å². The van der Waals surface area contributed by atoms with Gasteiger partial charge in [0.25, 0.3) is 0 Å². The van der Waals surface area contributed by atoms with E-state index in [9.17, 15) is 4.79 Å². The van der Waals surface area contributed by atoms with E-state index in [-0.39, 0.29) is 18.1 Å². The van der Waals surface area contributed by atoms with Crippen molar-refractivity contribution in [1.29, 1.82) is 0 Å². The quantitative estimate of drug-likeness (QED) is 0.467. The van der Waals surface area contributed by atoms with Gasteiger partial charge in [-0.05, 0) is 63.2 Å². The molecule has 2 rings (SSSR count). The maximum Gasteiger partial charge on any atom is 0.244 e. The lowest BCUT2D eigenvalue weighted by Gasteiger charge is -2.32. The number of hydrogen-bond acceptors (Lipinski definition) is 3. The largest absolute Gasteiger partial charge is 0.364 e. The van der Waals surface area contributed by atoms with Gasteiger partial charge in [-0.1, -0.05) is 6.07 Å². The maximum absolute atomic E-state index is 12.0. The van der Waals surface area contributed by atoms with Gasteiger partial charge < -0.3 is 15.0 Å². The van der Waals surface area contributed by atoms with Gasteiger partial charge in [0.15, 0.2) is 5.11 Å². The van der Waals surface area contributed by atoms with Crippen LogP contribution in [0.3, 0.4) is 0 Å². The summed E-state index contributed by atoms with van der Waals surface area (Å²) in [5, 5.41) is 3.44. The molecule has 1 aliphatic heterocycles. The lowest BCUT2D eigenvalue weighted by atomic mass is 10.1. The zero-order valence-corrected chi connectivity index (χ0v) is 16.3. The first-order valence-corrected chi connectivity index (χ1v) is 9.16. The SMILES string of the molecule is Cc1ccc(NC(=S)NNC(=O)CC[NH+]2C[C@@H](C)O[C@H](C)C2)cc1C. The number of ether oxygens (including phenoxy) is 1. The molecule has 1 aliphatic rings. The number of carbonyl (C=O) groups is 1. The first-order chi connectivity index (χ1) is 11.8. The second kappa shape index (κ2) is 9.12. The highest BCUT2D eigenvalue weighted by Crippen LogP contribution is 2.13. The molecule has 1 fully saturated rings. The van der Waals surface area contributed by atoms with E-state index in [1.54, 1.807) is 0 Å². The zero-order chi connectivity index (χ0) is 18.4. The fourth-order valence-electron chi connectivity index (χ4n) is 3.05. The number of amides is 1. The monoisotopic (exact) mass is 365 g/mol. The summed E-state index contributed by atoms with van der Waals surface area (Å²) in [5.41, 5.74) is 8.73. The lowest BCUT2D eigenvalue weighted by molar-refractivity contribution is -0.914. The summed E-state index contributed by atoms with van der Waals surface area (Å²) < 4.78 is 5.72. The van der Waals surface area contributed by atoms with Crippen LogP contribution in [0.25, 0.3) is 0 Å². The molecule has 1 aromatic carbocycles. The van der Waals surface area contributed by atoms with E-state index < -0.39 is 0 Å². The number of anilines is 1. The standard InChI is InChI=1S/C18H28N4O2S/c1-12-5-6-16(9-13(12)2)19-18(25)21-20-17(23)7-8-22-10-14(3)24-15(4)11-22/h5-6,9,14-15H,7-8,10-11H2,1-4H3,(H,20,23)(H2,19,21,25)/p+1/t14-,15-/m1/s1. The molecule has 0 spiro atoms. The van der Waals surface area contributed by atoms with Crippen molar-refractivity contribution in [3.8, 4) is 0 Å². The average Bonchev–Trinajstić information content (AvgIpc) is 2.53. The van der Waals surface area contributed by atoms with Crippen molar-refractivity contribution in [2.75, 3.05) is 25.0 Å². The summed E-state index contributed by atoms with van der Waals surface area (Å²) >= 11 is 5.21. The molecule has 1 amide bonds. The average molecular weight is 366 g/mol. The molecule has 6 nitrogen and oxygen atoms in total. The van der Waals surface area contributed by atoms with Crippen LogP contribution in [-0.2, 0) is 9.53 Å². The van der Waals surface area contributed by atoms with Crippen molar-refractivity contribution in [1.82, 2.24) is 10.9 Å². The molecule has 1 heterocycles. The van der Waals surface area contributed by atoms with Crippen LogP contribution in [0, 0.1) is 13.8 Å². The first kappa shape index (κ1) is 19.6. The molecule has 0 unspecified atom stereocenters. The number of quaternary nitrogens is 1. The Bertz CT molecular complexity index is 613. The molecule has 1 saturated heterocycles. The Hall–Kier alpha value is -1.70. The van der Waals surface area contributed by atoms with E-state index in [1.807, 2.05) is 18.2 Å². The van der Waals surface area contributed by atoms with Crippen molar-refractivity contribution in [2.24, 2.45) is 0 Å². The van der Waals surface area contributed by atoms with Gasteiger partial charge in [-0.3, -0.25) is 15.6 Å². The third-order valence-corrected chi connectivity index (χ3v) is 4.61. The van der Waals surface area contributed by atoms with Crippen LogP contribution < -0.4 is 21.1 Å². The van der Waals surface area contributed by atoms with Gasteiger partial charge in [0.2, 0.25) is 5.91 Å². The molecule has 0 bridgehead atoms. The van der Waals surface area contributed by atoms with Crippen molar-refractivity contribution < 1.29 is 14.4 Å². The molecule has 25 heavy (non-hydrogen) atoms. The van der Waals surface area contributed by atoms with Crippen molar-refractivity contribution in [2.45, 2.75) is 46.3 Å². The van der Waals surface area contributed by atoms with Crippen LogP contribution in [-0.4, -0.2) is 42.9 Å². The van der Waals surface area contributed by atoms with Crippen LogP contribution in [0.5, 0.6) is 0 Å². The van der Waals surface area contributed by atoms with Gasteiger partial charge >= 0.3 is 0 Å². The smallest absolute Gasteiger partial charge is 0.244 e. The van der Waals surface area contributed by atoms with Crippen LogP contribution >= 0.6 is 12.2 Å². The fourth-order valence-corrected chi connectivity index (χ4v) is 3.22. The molecule has 2 atom stereocenters. The van der Waals surface area contributed by atoms with Gasteiger partial charge in [-0.25, -0.2) is 0 Å². The Morgan fingerprint density at radius 2 is 1.88 bits per heavy atom. The number of carbonyl (C=O) groups excluding carboxylic acids is 1. The minimum Gasteiger partial charge on any atom is -0.364 e. The number of aryl methyl sites for hydroxylation is 2. The lowest BCUT2D eigenvalue weighted by Crippen LogP contribution is -3.15. The minimum atomic E-state index is -0.0662. The summed E-state index contributed by atoms with van der Waals surface area (Å²) in [6, 6.07) is 6.02. The summed E-state index contributed by atoms with van der Waals surface area (Å²) in [4.78, 5) is 13.4. The number of benzene rings is 1. The Balaban J connectivity index is 1.68. The van der Waals surface area contributed by atoms with Crippen molar-refractivity contribution in [3.63, 3.8) is 0 Å². The van der Waals surface area contributed by atoms with Crippen LogP contribution in [0.15, 0.2) is 18.2 Å². The van der Waals surface area contributed by atoms with Crippen LogP contribution in [0.4, 0.5) is 5.69 Å². The summed E-state index contributed by atoms with van der Waals surface area (Å²) in [7, 11) is 0. The number of nitrogens with one attached hydrogen (secondary N) is 4. The van der Waals surface area contributed by atoms with Crippen molar-refractivity contribution in [3.05, 3.63) is 29.3 Å². The molecule has 0 aromatic heterocycles. The second-order valence-electron chi connectivity index (χ2n) is 6.84. The van der Waals surface area contributed by atoms with Gasteiger partial charge in [-0.2, -0.15) is 0 Å². The fraction of sp³-hybridized carbons (Fsp3) is 0.556. The molecule has 4 N–H and O–H groups in total. The Kier molecular flexibility index (Phi) is 7.16. The number of hydrazine groups is 1. The Labute approximate surface area is 155 Å². The highest BCUT2D eigenvalue weighted by atomic mass is 32.1. The van der Waals surface area contributed by atoms with Gasteiger partial charge in [0, 0.05) is 5.69 Å². The summed E-state index contributed by atoms with van der Waals surface area (Å²) in [5.74, 6) is -0.0662. The van der Waals surface area contributed by atoms with E-state index in [0.717, 1.165) is 25.3 Å². The molecule has 0 radical (unpaired) electrons. The number of thiocarbonyl (C=S) groups is 1. The Morgan fingerprint density at radius 3 is 2.52 bits per heavy atom. The molecule has 138 valence electrons. The van der Waals surface area contributed by atoms with E-state index in [0.29, 0.717) is 11.5 Å². The zero-order valence-electron chi connectivity index (χ0n) is 15.4. The molecular weight excluding hydrogens is 336 g/mol. The van der Waals surface area contributed by atoms with E-state index >= 15 is 0 Å². The molecule has 7 heteroatoms. The van der Waals surface area contributed by atoms with Crippen molar-refractivity contribution >= 4 is 28.9 Å². The third kappa shape index (κ3) is 6.61. The second-order valence-corrected chi connectivity index (χ2v) is 7.25. The third-order valence-electron chi connectivity index (χ3n) is 4.40. The van der Waals surface area contributed by atoms with Crippen LogP contribution in [0.1, 0.15) is 31.4 Å². The number of morpholine rings is 1. The predicted octanol–water partition coefficient (Wildman–Crippen LogP) is 0.703. The first-order valence-electron chi connectivity index (χ1n) is 8.75. The van der Waals surface area contributed by atoms with Gasteiger partial charge in [0.1, 0.15) is 25.3 Å². The molecule has 0 aliphatic carbocycles. The van der Waals surface area contributed by atoms with E-state index in [2.05, 4.69) is 43.9 Å².